The van der Waals surface area contributed by atoms with E-state index in [0.717, 1.165) is 0 Å². The highest BCUT2D eigenvalue weighted by Gasteiger charge is 2.05. The van der Waals surface area contributed by atoms with Crippen molar-refractivity contribution in [3.63, 3.8) is 0 Å². The highest BCUT2D eigenvalue weighted by atomic mass is 14.2. The first-order chi connectivity index (χ1) is 13.9. The van der Waals surface area contributed by atoms with Gasteiger partial charge >= 0.3 is 0 Å². The van der Waals surface area contributed by atoms with Crippen molar-refractivity contribution in [1.82, 2.24) is 0 Å². The Morgan fingerprint density at radius 1 is 0.357 bits per heavy atom. The van der Waals surface area contributed by atoms with E-state index in [2.05, 4.69) is 109 Å². The standard InChI is InChI=1S/C28H18/c1-2-8-21-16-24(15-20(21)7-1)26-13-5-11-19-12-6-14-27(28(19)26)25-17-22-9-3-4-10-23(22)18-25/h1-18H/q-2. The molecule has 0 unspecified atom stereocenters. The van der Waals surface area contributed by atoms with Crippen LogP contribution >= 0.6 is 0 Å². The van der Waals surface area contributed by atoms with Crippen molar-refractivity contribution in [3.05, 3.63) is 109 Å². The van der Waals surface area contributed by atoms with Crippen LogP contribution in [0.1, 0.15) is 0 Å². The predicted octanol–water partition coefficient (Wildman–Crippen LogP) is 7.92. The fourth-order valence-electron chi connectivity index (χ4n) is 4.43. The topological polar surface area (TPSA) is 0 Å². The number of hydrogen-bond donors (Lipinski definition) is 0. The Morgan fingerprint density at radius 3 is 1.11 bits per heavy atom. The molecule has 0 heterocycles. The Labute approximate surface area is 164 Å². The highest BCUT2D eigenvalue weighted by Crippen LogP contribution is 2.39. The summed E-state index contributed by atoms with van der Waals surface area (Å²) in [4.78, 5) is 0. The molecule has 0 N–H and O–H groups in total. The molecule has 132 valence electrons. The van der Waals surface area contributed by atoms with Crippen molar-refractivity contribution in [2.24, 2.45) is 0 Å². The Hall–Kier alpha value is -3.64. The van der Waals surface area contributed by atoms with E-state index in [1.54, 1.807) is 0 Å². The van der Waals surface area contributed by atoms with Crippen LogP contribution in [0.15, 0.2) is 109 Å². The molecule has 0 aliphatic rings. The fraction of sp³-hybridized carbons (Fsp3) is 0. The average Bonchev–Trinajstić information content (AvgIpc) is 3.37. The first-order valence-corrected chi connectivity index (χ1v) is 9.70. The molecule has 0 heteroatoms. The van der Waals surface area contributed by atoms with Gasteiger partial charge in [0.05, 0.1) is 0 Å². The van der Waals surface area contributed by atoms with Gasteiger partial charge in [-0.3, -0.25) is 0 Å². The second-order valence-corrected chi connectivity index (χ2v) is 7.46. The van der Waals surface area contributed by atoms with Gasteiger partial charge in [0.25, 0.3) is 0 Å². The van der Waals surface area contributed by atoms with Crippen molar-refractivity contribution >= 4 is 32.3 Å². The lowest BCUT2D eigenvalue weighted by molar-refractivity contribution is 1.70. The molecule has 0 atom stereocenters. The molecule has 0 amide bonds. The maximum absolute atomic E-state index is 2.31. The fourth-order valence-corrected chi connectivity index (χ4v) is 4.43. The third-order valence-corrected chi connectivity index (χ3v) is 5.76. The zero-order chi connectivity index (χ0) is 18.5. The monoisotopic (exact) mass is 354 g/mol. The SMILES string of the molecule is c1ccc2c[c-](-c3cccc4cccc(-[c-]5cc6ccccc6c5)c34)cc2c1. The lowest BCUT2D eigenvalue weighted by atomic mass is 9.93. The molecule has 0 aliphatic carbocycles. The number of hydrogen-bond acceptors (Lipinski definition) is 0. The Balaban J connectivity index is 1.66. The summed E-state index contributed by atoms with van der Waals surface area (Å²) in [5.41, 5.74) is 5.18. The van der Waals surface area contributed by atoms with E-state index in [4.69, 9.17) is 0 Å². The van der Waals surface area contributed by atoms with E-state index < -0.39 is 0 Å². The first kappa shape index (κ1) is 15.4. The lowest BCUT2D eigenvalue weighted by Crippen LogP contribution is -1.84. The van der Waals surface area contributed by atoms with E-state index in [9.17, 15) is 0 Å². The molecular formula is C28H18-2. The quantitative estimate of drug-likeness (QED) is 0.277. The maximum Gasteiger partial charge on any atom is -0.0533 e. The second-order valence-electron chi connectivity index (χ2n) is 7.46. The summed E-state index contributed by atoms with van der Waals surface area (Å²) in [5, 5.41) is 7.80. The van der Waals surface area contributed by atoms with E-state index in [1.165, 1.54) is 54.6 Å². The van der Waals surface area contributed by atoms with Gasteiger partial charge in [0.1, 0.15) is 0 Å². The Kier molecular flexibility index (Phi) is 3.27. The first-order valence-electron chi connectivity index (χ1n) is 9.70. The lowest BCUT2D eigenvalue weighted by Gasteiger charge is -2.18. The summed E-state index contributed by atoms with van der Waals surface area (Å²) in [7, 11) is 0. The molecule has 6 aromatic carbocycles. The van der Waals surface area contributed by atoms with Crippen LogP contribution in [0.3, 0.4) is 0 Å². The van der Waals surface area contributed by atoms with Gasteiger partial charge in [-0.2, -0.15) is 0 Å². The van der Waals surface area contributed by atoms with E-state index in [-0.39, 0.29) is 0 Å². The summed E-state index contributed by atoms with van der Waals surface area (Å²) < 4.78 is 0. The number of rotatable bonds is 2. The molecular weight excluding hydrogens is 336 g/mol. The minimum absolute atomic E-state index is 1.28. The molecule has 6 aromatic rings. The van der Waals surface area contributed by atoms with Gasteiger partial charge in [-0.05, 0) is 0 Å². The van der Waals surface area contributed by atoms with E-state index in [1.807, 2.05) is 0 Å². The van der Waals surface area contributed by atoms with Crippen LogP contribution in [-0.4, -0.2) is 0 Å². The van der Waals surface area contributed by atoms with Crippen molar-refractivity contribution in [2.75, 3.05) is 0 Å². The zero-order valence-corrected chi connectivity index (χ0v) is 15.4. The summed E-state index contributed by atoms with van der Waals surface area (Å²) in [6, 6.07) is 39.7. The van der Waals surface area contributed by atoms with Crippen LogP contribution in [0.2, 0.25) is 0 Å². The molecule has 0 nitrogen and oxygen atoms in total. The molecule has 6 rings (SSSR count). The van der Waals surface area contributed by atoms with Gasteiger partial charge < -0.3 is 0 Å². The zero-order valence-electron chi connectivity index (χ0n) is 15.4. The Bertz CT molecular complexity index is 1280. The van der Waals surface area contributed by atoms with Crippen molar-refractivity contribution in [3.8, 4) is 22.3 Å². The van der Waals surface area contributed by atoms with Crippen LogP contribution in [-0.2, 0) is 0 Å². The Morgan fingerprint density at radius 2 is 0.714 bits per heavy atom. The van der Waals surface area contributed by atoms with Gasteiger partial charge in [0, 0.05) is 0 Å². The van der Waals surface area contributed by atoms with Gasteiger partial charge in [-0.15, -0.1) is 69.1 Å². The normalized spacial score (nSPS) is 11.6. The molecule has 28 heavy (non-hydrogen) atoms. The molecule has 0 bridgehead atoms. The van der Waals surface area contributed by atoms with Gasteiger partial charge in [-0.1, -0.05) is 94.7 Å². The van der Waals surface area contributed by atoms with Crippen molar-refractivity contribution < 1.29 is 0 Å². The summed E-state index contributed by atoms with van der Waals surface area (Å²) in [6.45, 7) is 0. The largest absolute Gasteiger partial charge is 0.121 e. The molecule has 0 aromatic heterocycles. The molecule has 0 radical (unpaired) electrons. The minimum Gasteiger partial charge on any atom is -0.121 e. The number of benzene rings is 4. The van der Waals surface area contributed by atoms with Gasteiger partial charge in [-0.25, -0.2) is 0 Å². The molecule has 0 spiro atoms. The predicted molar refractivity (Wildman–Crippen MR) is 121 cm³/mol. The summed E-state index contributed by atoms with van der Waals surface area (Å²) in [6.07, 6.45) is 0. The van der Waals surface area contributed by atoms with Crippen LogP contribution in [0.4, 0.5) is 0 Å². The third-order valence-electron chi connectivity index (χ3n) is 5.76. The third kappa shape index (κ3) is 2.32. The van der Waals surface area contributed by atoms with Gasteiger partial charge in [0.2, 0.25) is 0 Å². The number of fused-ring (bicyclic) bond motifs is 3. The van der Waals surface area contributed by atoms with Crippen molar-refractivity contribution in [1.29, 1.82) is 0 Å². The second kappa shape index (κ2) is 5.94. The molecule has 0 aliphatic heterocycles. The van der Waals surface area contributed by atoms with Crippen LogP contribution in [0.5, 0.6) is 0 Å². The van der Waals surface area contributed by atoms with Crippen LogP contribution in [0.25, 0.3) is 54.6 Å². The summed E-state index contributed by atoms with van der Waals surface area (Å²) >= 11 is 0. The molecule has 0 saturated heterocycles. The van der Waals surface area contributed by atoms with Crippen LogP contribution < -0.4 is 0 Å². The minimum atomic E-state index is 1.28. The van der Waals surface area contributed by atoms with Crippen LogP contribution in [0, 0.1) is 0 Å². The molecule has 0 fully saturated rings. The van der Waals surface area contributed by atoms with E-state index in [0.29, 0.717) is 0 Å². The smallest absolute Gasteiger partial charge is 0.0533 e. The molecule has 0 saturated carbocycles. The highest BCUT2D eigenvalue weighted by molar-refractivity contribution is 6.10. The maximum atomic E-state index is 2.31. The van der Waals surface area contributed by atoms with Crippen molar-refractivity contribution in [2.45, 2.75) is 0 Å². The average molecular weight is 354 g/mol. The summed E-state index contributed by atoms with van der Waals surface area (Å²) in [5.74, 6) is 0. The van der Waals surface area contributed by atoms with Gasteiger partial charge in [0.15, 0.2) is 0 Å². The van der Waals surface area contributed by atoms with E-state index >= 15 is 0 Å².